The van der Waals surface area contributed by atoms with E-state index in [1.165, 1.54) is 23.5 Å². The van der Waals surface area contributed by atoms with Crippen LogP contribution in [0.15, 0.2) is 42.5 Å². The molecule has 0 fully saturated rings. The maximum Gasteiger partial charge on any atom is 0.348 e. The fraction of sp³-hybridized carbons (Fsp3) is 0.158. The van der Waals surface area contributed by atoms with E-state index in [0.29, 0.717) is 4.88 Å². The van der Waals surface area contributed by atoms with Gasteiger partial charge in [0, 0.05) is 10.8 Å². The molecule has 0 aliphatic rings. The molecule has 1 amide bonds. The van der Waals surface area contributed by atoms with Crippen LogP contribution in [-0.2, 0) is 9.53 Å². The normalized spacial score (nSPS) is 10.6. The van der Waals surface area contributed by atoms with Gasteiger partial charge in [-0.2, -0.15) is 0 Å². The first-order valence-corrected chi connectivity index (χ1v) is 8.88. The Hall–Kier alpha value is -3.26. The van der Waals surface area contributed by atoms with Gasteiger partial charge in [0.05, 0.1) is 4.92 Å². The van der Waals surface area contributed by atoms with Gasteiger partial charge in [-0.05, 0) is 48.6 Å². The molecule has 27 heavy (non-hydrogen) atoms. The van der Waals surface area contributed by atoms with Crippen molar-refractivity contribution in [1.29, 1.82) is 0 Å². The smallest absolute Gasteiger partial charge is 0.348 e. The van der Waals surface area contributed by atoms with Crippen molar-refractivity contribution >= 4 is 44.7 Å². The molecule has 138 valence electrons. The van der Waals surface area contributed by atoms with Crippen molar-refractivity contribution in [3.05, 3.63) is 68.6 Å². The van der Waals surface area contributed by atoms with Crippen LogP contribution in [0.1, 0.15) is 20.8 Å². The highest BCUT2D eigenvalue weighted by Crippen LogP contribution is 2.28. The topological polar surface area (TPSA) is 98.5 Å². The average molecular weight is 384 g/mol. The number of hydrogen-bond donors (Lipinski definition) is 1. The van der Waals surface area contributed by atoms with E-state index in [2.05, 4.69) is 5.32 Å². The van der Waals surface area contributed by atoms with E-state index in [1.54, 1.807) is 19.9 Å². The minimum absolute atomic E-state index is 0.0750. The SMILES string of the molecule is Cc1cc(NC(=O)COC(=O)c2cc3ccccc3s2)c([N+](=O)[O-])cc1C. The average Bonchev–Trinajstić information content (AvgIpc) is 3.06. The Morgan fingerprint density at radius 1 is 1.15 bits per heavy atom. The quantitative estimate of drug-likeness (QED) is 0.403. The monoisotopic (exact) mass is 384 g/mol. The van der Waals surface area contributed by atoms with Crippen LogP contribution < -0.4 is 5.32 Å². The van der Waals surface area contributed by atoms with Crippen LogP contribution in [-0.4, -0.2) is 23.4 Å². The summed E-state index contributed by atoms with van der Waals surface area (Å²) in [6.45, 7) is 3.01. The Morgan fingerprint density at radius 2 is 1.85 bits per heavy atom. The molecule has 1 aromatic heterocycles. The van der Waals surface area contributed by atoms with Gasteiger partial charge in [-0.15, -0.1) is 11.3 Å². The number of nitrogens with one attached hydrogen (secondary N) is 1. The molecule has 0 aliphatic heterocycles. The van der Waals surface area contributed by atoms with E-state index in [9.17, 15) is 19.7 Å². The first-order chi connectivity index (χ1) is 12.8. The number of fused-ring (bicyclic) bond motifs is 1. The van der Waals surface area contributed by atoms with Crippen LogP contribution in [0.5, 0.6) is 0 Å². The first kappa shape index (κ1) is 18.5. The van der Waals surface area contributed by atoms with Crippen LogP contribution in [0.4, 0.5) is 11.4 Å². The number of aryl methyl sites for hydroxylation is 2. The Morgan fingerprint density at radius 3 is 2.56 bits per heavy atom. The van der Waals surface area contributed by atoms with Crippen LogP contribution in [0.25, 0.3) is 10.1 Å². The van der Waals surface area contributed by atoms with Crippen molar-refractivity contribution in [2.24, 2.45) is 0 Å². The fourth-order valence-electron chi connectivity index (χ4n) is 2.52. The molecule has 7 nitrogen and oxygen atoms in total. The van der Waals surface area contributed by atoms with Gasteiger partial charge in [0.1, 0.15) is 10.6 Å². The molecular weight excluding hydrogens is 368 g/mol. The number of anilines is 1. The molecule has 1 heterocycles. The molecule has 0 saturated carbocycles. The van der Waals surface area contributed by atoms with Gasteiger partial charge in [-0.1, -0.05) is 18.2 Å². The van der Waals surface area contributed by atoms with E-state index in [-0.39, 0.29) is 11.4 Å². The molecule has 0 bridgehead atoms. The Bertz CT molecular complexity index is 1020. The van der Waals surface area contributed by atoms with E-state index in [0.717, 1.165) is 21.2 Å². The third-order valence-corrected chi connectivity index (χ3v) is 5.14. The molecule has 0 radical (unpaired) electrons. The molecule has 0 spiro atoms. The molecule has 3 rings (SSSR count). The molecule has 0 saturated heterocycles. The number of thiophene rings is 1. The van der Waals surface area contributed by atoms with E-state index >= 15 is 0 Å². The van der Waals surface area contributed by atoms with Gasteiger partial charge in [0.15, 0.2) is 6.61 Å². The third kappa shape index (κ3) is 4.12. The zero-order valence-corrected chi connectivity index (χ0v) is 15.5. The molecule has 3 aromatic rings. The lowest BCUT2D eigenvalue weighted by molar-refractivity contribution is -0.384. The molecule has 0 atom stereocenters. The maximum atomic E-state index is 12.1. The van der Waals surface area contributed by atoms with Gasteiger partial charge >= 0.3 is 5.97 Å². The summed E-state index contributed by atoms with van der Waals surface area (Å²) in [4.78, 5) is 35.2. The summed E-state index contributed by atoms with van der Waals surface area (Å²) in [5.41, 5.74) is 1.42. The lowest BCUT2D eigenvalue weighted by atomic mass is 10.1. The van der Waals surface area contributed by atoms with Crippen molar-refractivity contribution in [2.75, 3.05) is 11.9 Å². The highest BCUT2D eigenvalue weighted by atomic mass is 32.1. The van der Waals surface area contributed by atoms with Crippen molar-refractivity contribution in [1.82, 2.24) is 0 Å². The van der Waals surface area contributed by atoms with E-state index in [4.69, 9.17) is 4.74 Å². The van der Waals surface area contributed by atoms with Gasteiger partial charge in [0.2, 0.25) is 0 Å². The summed E-state index contributed by atoms with van der Waals surface area (Å²) in [6.07, 6.45) is 0. The van der Waals surface area contributed by atoms with Crippen LogP contribution in [0.2, 0.25) is 0 Å². The highest BCUT2D eigenvalue weighted by Gasteiger charge is 2.19. The Labute approximate surface area is 158 Å². The first-order valence-electron chi connectivity index (χ1n) is 8.06. The number of carbonyl (C=O) groups is 2. The van der Waals surface area contributed by atoms with Crippen LogP contribution >= 0.6 is 11.3 Å². The summed E-state index contributed by atoms with van der Waals surface area (Å²) in [5, 5.41) is 14.5. The predicted molar refractivity (Wildman–Crippen MR) is 103 cm³/mol. The number of hydrogen-bond acceptors (Lipinski definition) is 6. The number of carbonyl (C=O) groups excluding carboxylic acids is 2. The molecule has 0 unspecified atom stereocenters. The summed E-state index contributed by atoms with van der Waals surface area (Å²) >= 11 is 1.28. The van der Waals surface area contributed by atoms with Crippen LogP contribution in [0.3, 0.4) is 0 Å². The zero-order valence-electron chi connectivity index (χ0n) is 14.6. The number of esters is 1. The largest absolute Gasteiger partial charge is 0.451 e. The van der Waals surface area contributed by atoms with Gasteiger partial charge in [0.25, 0.3) is 11.6 Å². The van der Waals surface area contributed by atoms with Gasteiger partial charge in [-0.25, -0.2) is 4.79 Å². The molecule has 8 heteroatoms. The highest BCUT2D eigenvalue weighted by molar-refractivity contribution is 7.20. The van der Waals surface area contributed by atoms with Crippen LogP contribution in [0, 0.1) is 24.0 Å². The second kappa shape index (κ2) is 7.55. The molecule has 0 aliphatic carbocycles. The summed E-state index contributed by atoms with van der Waals surface area (Å²) in [7, 11) is 0. The van der Waals surface area contributed by atoms with E-state index < -0.39 is 23.4 Å². The van der Waals surface area contributed by atoms with Crippen molar-refractivity contribution in [3.63, 3.8) is 0 Å². The number of rotatable bonds is 5. The lowest BCUT2D eigenvalue weighted by Crippen LogP contribution is -2.21. The lowest BCUT2D eigenvalue weighted by Gasteiger charge is -2.09. The Kier molecular flexibility index (Phi) is 5.18. The second-order valence-corrected chi connectivity index (χ2v) is 7.07. The molecule has 1 N–H and O–H groups in total. The third-order valence-electron chi connectivity index (χ3n) is 4.04. The number of nitrogens with zero attached hydrogens (tertiary/aromatic N) is 1. The van der Waals surface area contributed by atoms with Crippen molar-refractivity contribution in [2.45, 2.75) is 13.8 Å². The fourth-order valence-corrected chi connectivity index (χ4v) is 3.48. The number of benzene rings is 2. The number of amides is 1. The predicted octanol–water partition coefficient (Wildman–Crippen LogP) is 4.22. The van der Waals surface area contributed by atoms with Crippen molar-refractivity contribution in [3.8, 4) is 0 Å². The minimum Gasteiger partial charge on any atom is -0.451 e. The second-order valence-electron chi connectivity index (χ2n) is 5.98. The zero-order chi connectivity index (χ0) is 19.6. The summed E-state index contributed by atoms with van der Waals surface area (Å²) < 4.78 is 5.98. The van der Waals surface area contributed by atoms with Gasteiger partial charge < -0.3 is 10.1 Å². The molecular formula is C19H16N2O5S. The maximum absolute atomic E-state index is 12.1. The molecule has 2 aromatic carbocycles. The summed E-state index contributed by atoms with van der Waals surface area (Å²) in [6, 6.07) is 12.1. The minimum atomic E-state index is -0.643. The number of nitro benzene ring substituents is 1. The van der Waals surface area contributed by atoms with Gasteiger partial charge in [-0.3, -0.25) is 14.9 Å². The Balaban J connectivity index is 1.67. The number of nitro groups is 1. The summed E-state index contributed by atoms with van der Waals surface area (Å²) in [5.74, 6) is -1.25. The van der Waals surface area contributed by atoms with Crippen molar-refractivity contribution < 1.29 is 19.2 Å². The van der Waals surface area contributed by atoms with E-state index in [1.807, 2.05) is 24.3 Å². The number of ether oxygens (including phenoxy) is 1. The standard InChI is InChI=1S/C19H16N2O5S/c1-11-7-14(15(21(24)25)8-12(11)2)20-18(22)10-26-19(23)17-9-13-5-3-4-6-16(13)27-17/h3-9H,10H2,1-2H3,(H,20,22).